The highest BCUT2D eigenvalue weighted by molar-refractivity contribution is 6.30. The first kappa shape index (κ1) is 21.5. The smallest absolute Gasteiger partial charge is 0.269 e. The lowest BCUT2D eigenvalue weighted by atomic mass is 10.2. The molecule has 3 rings (SSSR count). The van der Waals surface area contributed by atoms with Gasteiger partial charge in [0.1, 0.15) is 18.2 Å². The van der Waals surface area contributed by atoms with E-state index in [1.807, 2.05) is 6.07 Å². The van der Waals surface area contributed by atoms with Crippen LogP contribution in [-0.2, 0) is 13.2 Å². The molecule has 0 bridgehead atoms. The van der Waals surface area contributed by atoms with Crippen LogP contribution in [0.4, 0.5) is 15.8 Å². The van der Waals surface area contributed by atoms with Crippen LogP contribution in [0.15, 0.2) is 66.7 Å². The average molecular weight is 430 g/mol. The minimum absolute atomic E-state index is 0.0579. The Labute approximate surface area is 178 Å². The third-order valence-corrected chi connectivity index (χ3v) is 4.62. The molecule has 0 aliphatic carbocycles. The largest absolute Gasteiger partial charge is 0.488 e. The van der Waals surface area contributed by atoms with Gasteiger partial charge in [-0.05, 0) is 36.4 Å². The molecule has 0 aliphatic rings. The number of benzene rings is 3. The highest BCUT2D eigenvalue weighted by atomic mass is 35.5. The zero-order valence-corrected chi connectivity index (χ0v) is 16.9. The van der Waals surface area contributed by atoms with Gasteiger partial charge in [0.25, 0.3) is 5.69 Å². The molecule has 8 heteroatoms. The molecule has 0 atom stereocenters. The summed E-state index contributed by atoms with van der Waals surface area (Å²) >= 11 is 6.11. The number of halogens is 2. The first-order valence-electron chi connectivity index (χ1n) is 9.36. The van der Waals surface area contributed by atoms with E-state index in [0.29, 0.717) is 36.0 Å². The maximum atomic E-state index is 13.8. The summed E-state index contributed by atoms with van der Waals surface area (Å²) in [5.74, 6) is 0.335. The van der Waals surface area contributed by atoms with Crippen LogP contribution >= 0.6 is 11.6 Å². The summed E-state index contributed by atoms with van der Waals surface area (Å²) in [7, 11) is 0. The number of ether oxygens (including phenoxy) is 1. The maximum Gasteiger partial charge on any atom is 0.269 e. The standard InChI is InChI=1S/C22H21ClFN3O3/c23-18-5-10-22(30-15-16-3-1-2-4-21(16)24)17(13-18)14-25-11-12-26-19-6-8-20(9-7-19)27(28)29/h1-10,13,25-26H,11-12,14-15H2. The monoisotopic (exact) mass is 429 g/mol. The number of hydrogen-bond donors (Lipinski definition) is 2. The minimum Gasteiger partial charge on any atom is -0.488 e. The average Bonchev–Trinajstić information content (AvgIpc) is 2.74. The van der Waals surface area contributed by atoms with Crippen LogP contribution in [0, 0.1) is 15.9 Å². The van der Waals surface area contributed by atoms with Crippen molar-refractivity contribution in [3.05, 3.63) is 98.8 Å². The molecule has 0 aromatic heterocycles. The van der Waals surface area contributed by atoms with Gasteiger partial charge in [0.2, 0.25) is 0 Å². The Hall–Kier alpha value is -3.16. The van der Waals surface area contributed by atoms with E-state index in [2.05, 4.69) is 10.6 Å². The van der Waals surface area contributed by atoms with Crippen molar-refractivity contribution in [3.8, 4) is 5.75 Å². The fraction of sp³-hybridized carbons (Fsp3) is 0.182. The van der Waals surface area contributed by atoms with Crippen LogP contribution in [0.3, 0.4) is 0 Å². The lowest BCUT2D eigenvalue weighted by molar-refractivity contribution is -0.384. The fourth-order valence-corrected chi connectivity index (χ4v) is 3.01. The molecular weight excluding hydrogens is 409 g/mol. The summed E-state index contributed by atoms with van der Waals surface area (Å²) < 4.78 is 19.6. The van der Waals surface area contributed by atoms with Gasteiger partial charge in [0, 0.05) is 53.6 Å². The minimum atomic E-state index is -0.428. The zero-order valence-electron chi connectivity index (χ0n) is 16.1. The molecule has 0 heterocycles. The fourth-order valence-electron chi connectivity index (χ4n) is 2.82. The SMILES string of the molecule is O=[N+]([O-])c1ccc(NCCNCc2cc(Cl)ccc2OCc2ccccc2F)cc1. The van der Waals surface area contributed by atoms with Gasteiger partial charge in [0.05, 0.1) is 4.92 Å². The number of nitrogens with zero attached hydrogens (tertiary/aromatic N) is 1. The van der Waals surface area contributed by atoms with Crippen LogP contribution in [0.25, 0.3) is 0 Å². The molecule has 0 unspecified atom stereocenters. The van der Waals surface area contributed by atoms with Gasteiger partial charge in [-0.2, -0.15) is 0 Å². The number of nitrogens with one attached hydrogen (secondary N) is 2. The predicted molar refractivity (Wildman–Crippen MR) is 115 cm³/mol. The van der Waals surface area contributed by atoms with Gasteiger partial charge >= 0.3 is 0 Å². The Balaban J connectivity index is 1.49. The molecule has 0 radical (unpaired) electrons. The number of nitro benzene ring substituents is 1. The first-order chi connectivity index (χ1) is 14.5. The van der Waals surface area contributed by atoms with Crippen molar-refractivity contribution >= 4 is 23.0 Å². The van der Waals surface area contributed by atoms with E-state index in [1.165, 1.54) is 18.2 Å². The van der Waals surface area contributed by atoms with Gasteiger partial charge in [-0.15, -0.1) is 0 Å². The summed E-state index contributed by atoms with van der Waals surface area (Å²) in [5.41, 5.74) is 2.22. The number of nitro groups is 1. The molecule has 0 fully saturated rings. The Morgan fingerprint density at radius 2 is 1.77 bits per heavy atom. The van der Waals surface area contributed by atoms with Gasteiger partial charge in [-0.25, -0.2) is 4.39 Å². The maximum absolute atomic E-state index is 13.8. The summed E-state index contributed by atoms with van der Waals surface area (Å²) in [6.45, 7) is 1.93. The van der Waals surface area contributed by atoms with Crippen LogP contribution in [0.1, 0.15) is 11.1 Å². The Morgan fingerprint density at radius 1 is 1.00 bits per heavy atom. The van der Waals surface area contributed by atoms with Crippen molar-refractivity contribution in [2.45, 2.75) is 13.2 Å². The van der Waals surface area contributed by atoms with E-state index < -0.39 is 4.92 Å². The van der Waals surface area contributed by atoms with Crippen molar-refractivity contribution in [2.75, 3.05) is 18.4 Å². The third-order valence-electron chi connectivity index (χ3n) is 4.39. The third kappa shape index (κ3) is 6.17. The van der Waals surface area contributed by atoms with Crippen molar-refractivity contribution in [3.63, 3.8) is 0 Å². The van der Waals surface area contributed by atoms with Crippen LogP contribution in [0.5, 0.6) is 5.75 Å². The van der Waals surface area contributed by atoms with Gasteiger partial charge in [0.15, 0.2) is 0 Å². The molecule has 30 heavy (non-hydrogen) atoms. The molecule has 3 aromatic carbocycles. The normalized spacial score (nSPS) is 10.6. The number of non-ortho nitro benzene ring substituents is 1. The number of rotatable bonds is 10. The molecule has 0 aliphatic heterocycles. The molecule has 0 saturated heterocycles. The number of anilines is 1. The molecule has 156 valence electrons. The Morgan fingerprint density at radius 3 is 2.50 bits per heavy atom. The second kappa shape index (κ2) is 10.6. The molecule has 2 N–H and O–H groups in total. The molecule has 3 aromatic rings. The van der Waals surface area contributed by atoms with Crippen molar-refractivity contribution < 1.29 is 14.1 Å². The van der Waals surface area contributed by atoms with Gasteiger partial charge in [-0.3, -0.25) is 10.1 Å². The molecule has 0 saturated carbocycles. The molecule has 0 spiro atoms. The summed E-state index contributed by atoms with van der Waals surface area (Å²) in [4.78, 5) is 10.2. The lowest BCUT2D eigenvalue weighted by Gasteiger charge is -2.14. The van der Waals surface area contributed by atoms with E-state index in [-0.39, 0.29) is 18.1 Å². The summed E-state index contributed by atoms with van der Waals surface area (Å²) in [6.07, 6.45) is 0. The molecule has 0 amide bonds. The quantitative estimate of drug-likeness (QED) is 0.264. The predicted octanol–water partition coefficient (Wildman–Crippen LogP) is 5.17. The van der Waals surface area contributed by atoms with E-state index in [0.717, 1.165) is 11.3 Å². The van der Waals surface area contributed by atoms with Crippen LogP contribution in [-0.4, -0.2) is 18.0 Å². The van der Waals surface area contributed by atoms with E-state index >= 15 is 0 Å². The summed E-state index contributed by atoms with van der Waals surface area (Å²) in [5, 5.41) is 17.8. The lowest BCUT2D eigenvalue weighted by Crippen LogP contribution is -2.22. The van der Waals surface area contributed by atoms with Crippen LogP contribution in [0.2, 0.25) is 5.02 Å². The van der Waals surface area contributed by atoms with E-state index in [4.69, 9.17) is 16.3 Å². The van der Waals surface area contributed by atoms with E-state index in [1.54, 1.807) is 42.5 Å². The van der Waals surface area contributed by atoms with Gasteiger partial charge < -0.3 is 15.4 Å². The van der Waals surface area contributed by atoms with Crippen molar-refractivity contribution in [2.24, 2.45) is 0 Å². The molecule has 6 nitrogen and oxygen atoms in total. The highest BCUT2D eigenvalue weighted by Gasteiger charge is 2.08. The van der Waals surface area contributed by atoms with Crippen LogP contribution < -0.4 is 15.4 Å². The van der Waals surface area contributed by atoms with Crippen molar-refractivity contribution in [1.82, 2.24) is 5.32 Å². The first-order valence-corrected chi connectivity index (χ1v) is 9.74. The number of hydrogen-bond acceptors (Lipinski definition) is 5. The zero-order chi connectivity index (χ0) is 21.3. The van der Waals surface area contributed by atoms with Gasteiger partial charge in [-0.1, -0.05) is 29.8 Å². The topological polar surface area (TPSA) is 76.4 Å². The van der Waals surface area contributed by atoms with E-state index in [9.17, 15) is 14.5 Å². The highest BCUT2D eigenvalue weighted by Crippen LogP contribution is 2.24. The second-order valence-electron chi connectivity index (χ2n) is 6.54. The summed E-state index contributed by atoms with van der Waals surface area (Å²) in [6, 6.07) is 18.1. The molecular formula is C22H21ClFN3O3. The Kier molecular flexibility index (Phi) is 7.59. The second-order valence-corrected chi connectivity index (χ2v) is 6.98. The van der Waals surface area contributed by atoms with Crippen molar-refractivity contribution in [1.29, 1.82) is 0 Å². The Bertz CT molecular complexity index is 999.